The highest BCUT2D eigenvalue weighted by atomic mass is 16.7. The molecular formula is C111H168N2O31. The summed E-state index contributed by atoms with van der Waals surface area (Å²) in [5.41, 5.74) is 2.44. The van der Waals surface area contributed by atoms with E-state index in [4.69, 9.17) is 61.9 Å². The molecule has 0 aromatic rings. The Morgan fingerprint density at radius 3 is 1.16 bits per heavy atom. The van der Waals surface area contributed by atoms with Crippen LogP contribution in [0.25, 0.3) is 0 Å². The van der Waals surface area contributed by atoms with Crippen LogP contribution < -0.4 is 0 Å². The number of allylic oxidation sites excluding steroid dienone is 12. The number of fused-ring (bicyclic) bond motifs is 6. The number of aliphatic hydroxyl groups excluding tert-OH is 2. The minimum absolute atomic E-state index is 0.000205. The molecule has 8 rings (SSSR count). The van der Waals surface area contributed by atoms with E-state index < -0.39 is 210 Å². The fraction of sp³-hybridized carbons (Fsp3) is 0.730. The fourth-order valence-corrected chi connectivity index (χ4v) is 21.4. The molecule has 6 heterocycles. The monoisotopic (exact) mass is 2030 g/mol. The Kier molecular flexibility index (Phi) is 50.1. The van der Waals surface area contributed by atoms with Gasteiger partial charge in [-0.05, 0) is 221 Å². The van der Waals surface area contributed by atoms with Gasteiger partial charge in [-0.25, -0.2) is 9.59 Å². The van der Waals surface area contributed by atoms with Crippen LogP contribution in [0, 0.1) is 71.0 Å². The van der Waals surface area contributed by atoms with Gasteiger partial charge < -0.3 is 97.0 Å². The van der Waals surface area contributed by atoms with Gasteiger partial charge in [-0.3, -0.25) is 52.7 Å². The van der Waals surface area contributed by atoms with Crippen molar-refractivity contribution >= 4 is 82.1 Å². The predicted octanol–water partition coefficient (Wildman–Crippen LogP) is 13.7. The second-order valence-electron chi connectivity index (χ2n) is 42.2. The van der Waals surface area contributed by atoms with Gasteiger partial charge in [0.1, 0.15) is 78.3 Å². The van der Waals surface area contributed by atoms with Crippen molar-refractivity contribution in [3.63, 3.8) is 0 Å². The zero-order valence-electron chi connectivity index (χ0n) is 89.1. The normalized spacial score (nSPS) is 36.3. The highest BCUT2D eigenvalue weighted by Crippen LogP contribution is 2.43. The van der Waals surface area contributed by atoms with E-state index >= 15 is 0 Å². The van der Waals surface area contributed by atoms with Crippen molar-refractivity contribution in [2.24, 2.45) is 71.0 Å². The van der Waals surface area contributed by atoms with E-state index in [9.17, 15) is 87.5 Å². The first kappa shape index (κ1) is 122. The Labute approximate surface area is 851 Å². The highest BCUT2D eigenvalue weighted by Gasteiger charge is 2.56. The smallest absolute Gasteiger partial charge is 0.329 e. The number of aliphatic hydroxyl groups is 4. The van der Waals surface area contributed by atoms with Crippen molar-refractivity contribution in [1.82, 2.24) is 9.80 Å². The Bertz CT molecular complexity index is 4300. The number of aliphatic carboxylic acids is 1. The molecule has 2 amide bonds. The van der Waals surface area contributed by atoms with Crippen LogP contribution in [0.2, 0.25) is 0 Å². The molecule has 30 atom stereocenters. The van der Waals surface area contributed by atoms with Gasteiger partial charge in [0.25, 0.3) is 23.4 Å². The lowest BCUT2D eigenvalue weighted by atomic mass is 9.78. The molecule has 0 aromatic carbocycles. The zero-order chi connectivity index (χ0) is 107. The van der Waals surface area contributed by atoms with E-state index in [-0.39, 0.29) is 117 Å². The van der Waals surface area contributed by atoms with E-state index in [0.29, 0.717) is 140 Å². The van der Waals surface area contributed by atoms with Crippen molar-refractivity contribution < 1.29 is 149 Å². The van der Waals surface area contributed by atoms with Crippen molar-refractivity contribution in [3.05, 3.63) is 95.2 Å². The summed E-state index contributed by atoms with van der Waals surface area (Å²) in [4.78, 5) is 192. The van der Waals surface area contributed by atoms with Crippen LogP contribution in [0.5, 0.6) is 0 Å². The molecule has 2 saturated carbocycles. The minimum Gasteiger partial charge on any atom is -0.481 e. The van der Waals surface area contributed by atoms with Crippen molar-refractivity contribution in [2.75, 3.05) is 55.7 Å². The number of esters is 4. The number of cyclic esters (lactones) is 2. The number of nitrogens with zero attached hydrogens (tertiary/aromatic N) is 2. The van der Waals surface area contributed by atoms with Crippen LogP contribution in [0.3, 0.4) is 0 Å². The molecule has 2 aliphatic carbocycles. The van der Waals surface area contributed by atoms with Crippen LogP contribution in [0.1, 0.15) is 284 Å². The number of carbonyl (C=O) groups is 14. The molecule has 5 N–H and O–H groups in total. The largest absolute Gasteiger partial charge is 0.481 e. The quantitative estimate of drug-likeness (QED) is 0.0327. The van der Waals surface area contributed by atoms with Crippen LogP contribution in [0.4, 0.5) is 0 Å². The third-order valence-electron chi connectivity index (χ3n) is 30.7. The number of carboxylic acid groups (broad SMARTS) is 1. The summed E-state index contributed by atoms with van der Waals surface area (Å²) in [6.07, 6.45) is 19.8. The van der Waals surface area contributed by atoms with E-state index in [2.05, 4.69) is 0 Å². The average molecular weight is 2030 g/mol. The van der Waals surface area contributed by atoms with Gasteiger partial charge in [0.05, 0.1) is 55.9 Å². The molecule has 0 spiro atoms. The maximum absolute atomic E-state index is 14.5. The maximum Gasteiger partial charge on any atom is 0.329 e. The lowest BCUT2D eigenvalue weighted by molar-refractivity contribution is -0.265. The van der Waals surface area contributed by atoms with Gasteiger partial charge in [-0.2, -0.15) is 0 Å². The summed E-state index contributed by atoms with van der Waals surface area (Å²) < 4.78 is 70.6. The lowest BCUT2D eigenvalue weighted by Crippen LogP contribution is -2.61. The number of carboxylic acids is 1. The molecule has 808 valence electrons. The predicted molar refractivity (Wildman–Crippen MR) is 535 cm³/mol. The number of carbonyl (C=O) groups excluding carboxylic acids is 13. The van der Waals surface area contributed by atoms with Gasteiger partial charge in [0.2, 0.25) is 11.6 Å². The van der Waals surface area contributed by atoms with Gasteiger partial charge in [-0.1, -0.05) is 142 Å². The Hall–Kier alpha value is -8.58. The second-order valence-corrected chi connectivity index (χ2v) is 42.2. The fourth-order valence-electron chi connectivity index (χ4n) is 21.4. The van der Waals surface area contributed by atoms with Crippen LogP contribution in [-0.4, -0.2) is 282 Å². The summed E-state index contributed by atoms with van der Waals surface area (Å²) in [6, 6.07) is -2.38. The minimum atomic E-state index is -2.47. The summed E-state index contributed by atoms with van der Waals surface area (Å²) in [5, 5.41) is 56.0. The number of rotatable bonds is 20. The SMILES string of the molecule is CO[C@H]1C[C@@H]2CC[C@@H](C)[C@@](O)(O2)C(=O)C(=O)N2CCCC[C@H]2C(=O)O[C@H]([C@H](C)C[C@@H]2CC[C@@H](OC(=O)CCC(=O)O)[C@H](OC)C2)CC(=O)[C@H](C)/C=C(\C)[C@@H](O)[C@@H](OC)C(=O)[C@H](C)C[C@H](C)/C=C/C=CC=C1C.CO[C@H]1C[C@@H]2CC[C@@H](C)[C@@](O)(O2)C(=O)C(=O)N2CCCC[C@H]2C(=O)O[C@H]([C@H](C)C[C@@H]2CC[C@@H](OC(=O)CCC(C)=O)[C@H](OC)C2)CC(=O)[C@H](C)/C=C(\C)[C@@H](O)[C@@H](OC)C(=O)[C@H](C)C[C@H](C)/C=C/C=CC=C1C. The summed E-state index contributed by atoms with van der Waals surface area (Å²) in [7, 11) is 8.91. The number of amides is 2. The number of ketones is 7. The molecule has 4 bridgehead atoms. The van der Waals surface area contributed by atoms with Gasteiger partial charge >= 0.3 is 29.8 Å². The number of piperidine rings is 2. The molecule has 6 fully saturated rings. The topological polar surface area (TPSA) is 457 Å². The van der Waals surface area contributed by atoms with Crippen LogP contribution in [-0.2, 0) is 124 Å². The number of methoxy groups -OCH3 is 6. The summed E-state index contributed by atoms with van der Waals surface area (Å²) in [5.74, 6) is -19.3. The Morgan fingerprint density at radius 1 is 0.438 bits per heavy atom. The molecule has 144 heavy (non-hydrogen) atoms. The standard InChI is InChI=1S/C56H85NO15.C55H83NO16/c1-33-17-13-12-14-18-34(2)46(67-9)31-42-23-20-39(7)56(66,72-42)53(63)54(64)57-26-16-15-19-43(57)55(65)71-47(32-44(59)35(3)28-38(6)51(62)52(69-11)50(61)37(5)27-33)36(4)29-41-22-24-45(48(30-41)68-10)70-49(60)25-21-40(8)58;1-32-16-12-11-13-17-33(2)44(67-8)30-40-21-19-38(7)55(66,72-40)52(63)53(64)56-25-15-14-18-41(56)54(65)71-45(31-42(57)34(3)27-37(6)50(62)51(69-10)49(61)36(5)26-32)35(4)28-39-20-22-43(46(29-39)68-9)70-48(60)24-23-47(58)59/h12-14,17-18,28,33,35-37,39,41-43,45-48,51-52,62,66H,15-16,19-27,29-32H2,1-11H3;11-13,16-17,27,32,34-36,38-41,43-46,50-51,62,66H,14-15,18-26,28-31H2,1-10H3,(H,58,59)/b14-12?,17-13+,34-18?,38-28+;13-11?,16-12+,33-17?,37-27+/t33-,35-,36-,37-,39-,41+,42+,43+,45-,46+,47+,48-,51-,52+,56-;32-,34-,35-,36-,38-,39+,40+,41+,43-,44+,45+,46-,50-,51+,55-/m11/s1. The second kappa shape index (κ2) is 59.0. The molecule has 0 aromatic heterocycles. The van der Waals surface area contributed by atoms with Crippen LogP contribution in [0.15, 0.2) is 95.2 Å². The zero-order valence-corrected chi connectivity index (χ0v) is 89.1. The van der Waals surface area contributed by atoms with E-state index in [1.807, 2.05) is 102 Å². The van der Waals surface area contributed by atoms with Gasteiger partial charge in [0.15, 0.2) is 11.6 Å². The van der Waals surface area contributed by atoms with Crippen LogP contribution >= 0.6 is 0 Å². The molecule has 0 radical (unpaired) electrons. The molecule has 0 unspecified atom stereocenters. The maximum atomic E-state index is 14.5. The number of hydrogen-bond donors (Lipinski definition) is 5. The third kappa shape index (κ3) is 35.3. The molecule has 33 nitrogen and oxygen atoms in total. The molecule has 33 heteroatoms. The summed E-state index contributed by atoms with van der Waals surface area (Å²) >= 11 is 0. The average Bonchev–Trinajstić information content (AvgIpc) is 0.772. The molecule has 8 aliphatic rings. The first-order chi connectivity index (χ1) is 68.1. The van der Waals surface area contributed by atoms with E-state index in [1.54, 1.807) is 88.9 Å². The Morgan fingerprint density at radius 2 is 0.812 bits per heavy atom. The van der Waals surface area contributed by atoms with Gasteiger partial charge in [-0.15, -0.1) is 0 Å². The number of hydrogen-bond acceptors (Lipinski definition) is 30. The van der Waals surface area contributed by atoms with Crippen molar-refractivity contribution in [3.8, 4) is 0 Å². The molecule has 4 saturated heterocycles. The number of ether oxygens (including phenoxy) is 12. The summed E-state index contributed by atoms with van der Waals surface area (Å²) in [6.45, 7) is 26.6. The molecular weight excluding hydrogens is 1860 g/mol. The van der Waals surface area contributed by atoms with Crippen molar-refractivity contribution in [2.45, 2.75) is 393 Å². The molecule has 6 aliphatic heterocycles. The first-order valence-electron chi connectivity index (χ1n) is 52.2. The third-order valence-corrected chi connectivity index (χ3v) is 30.7. The van der Waals surface area contributed by atoms with Crippen molar-refractivity contribution in [1.29, 1.82) is 0 Å². The first-order valence-corrected chi connectivity index (χ1v) is 52.2. The van der Waals surface area contributed by atoms with E-state index in [1.165, 1.54) is 33.2 Å². The number of Topliss-reactive ketones (excluding diaryl/α,β-unsaturated/α-hetero) is 7. The van der Waals surface area contributed by atoms with Gasteiger partial charge in [0, 0.05) is 123 Å². The lowest BCUT2D eigenvalue weighted by Gasteiger charge is -2.42. The van der Waals surface area contributed by atoms with E-state index in [0.717, 1.165) is 16.0 Å². The highest BCUT2D eigenvalue weighted by molar-refractivity contribution is 6.39. The Balaban J connectivity index is 0.000000391.